The van der Waals surface area contributed by atoms with E-state index in [-0.39, 0.29) is 31.0 Å². The van der Waals surface area contributed by atoms with Gasteiger partial charge in [0.05, 0.1) is 24.9 Å². The molecule has 1 saturated heterocycles. The molecule has 3 rings (SSSR count). The Hall–Kier alpha value is -2.72. The maximum Gasteiger partial charge on any atom is 0.433 e. The van der Waals surface area contributed by atoms with Gasteiger partial charge in [-0.15, -0.1) is 0 Å². The average molecular weight is 424 g/mol. The van der Waals surface area contributed by atoms with E-state index in [1.165, 1.54) is 6.07 Å². The summed E-state index contributed by atoms with van der Waals surface area (Å²) in [7, 11) is 1.54. The molecule has 2 N–H and O–H groups in total. The minimum absolute atomic E-state index is 0.113. The molecule has 0 aromatic carbocycles. The van der Waals surface area contributed by atoms with Crippen molar-refractivity contribution in [1.29, 1.82) is 0 Å². The molecule has 0 bridgehead atoms. The molecule has 1 aliphatic rings. The van der Waals surface area contributed by atoms with Gasteiger partial charge in [-0.25, -0.2) is 4.98 Å². The zero-order valence-electron chi connectivity index (χ0n) is 16.5. The van der Waals surface area contributed by atoms with Gasteiger partial charge >= 0.3 is 6.18 Å². The van der Waals surface area contributed by atoms with Gasteiger partial charge in [0.1, 0.15) is 12.3 Å². The Morgan fingerprint density at radius 3 is 2.73 bits per heavy atom. The topological polar surface area (TPSA) is 85.4 Å². The fourth-order valence-corrected chi connectivity index (χ4v) is 3.06. The lowest BCUT2D eigenvalue weighted by atomic mass is 10.1. The number of ether oxygens (including phenoxy) is 2. The highest BCUT2D eigenvalue weighted by Gasteiger charge is 2.32. The third-order valence-corrected chi connectivity index (χ3v) is 4.60. The van der Waals surface area contributed by atoms with Crippen LogP contribution in [-0.4, -0.2) is 48.8 Å². The molecule has 0 unspecified atom stereocenters. The van der Waals surface area contributed by atoms with Crippen molar-refractivity contribution in [3.8, 4) is 17.0 Å². The smallest absolute Gasteiger partial charge is 0.433 e. The van der Waals surface area contributed by atoms with Crippen LogP contribution in [0.4, 0.5) is 13.2 Å². The van der Waals surface area contributed by atoms with Gasteiger partial charge in [0, 0.05) is 24.9 Å². The zero-order valence-corrected chi connectivity index (χ0v) is 16.5. The van der Waals surface area contributed by atoms with E-state index in [9.17, 15) is 18.0 Å². The third-order valence-electron chi connectivity index (χ3n) is 4.60. The number of nitrogens with one attached hydrogen (secondary N) is 2. The van der Waals surface area contributed by atoms with Crippen molar-refractivity contribution in [2.45, 2.75) is 31.6 Å². The monoisotopic (exact) mass is 424 g/mol. The summed E-state index contributed by atoms with van der Waals surface area (Å²) in [6.07, 6.45) is -1.62. The molecule has 7 nitrogen and oxygen atoms in total. The van der Waals surface area contributed by atoms with Crippen LogP contribution in [0.15, 0.2) is 30.5 Å². The number of methoxy groups -OCH3 is 1. The molecule has 162 valence electrons. The summed E-state index contributed by atoms with van der Waals surface area (Å²) >= 11 is 0. The molecule has 2 aromatic rings. The maximum absolute atomic E-state index is 12.8. The van der Waals surface area contributed by atoms with E-state index in [0.717, 1.165) is 31.6 Å². The van der Waals surface area contributed by atoms with Gasteiger partial charge in [0.25, 0.3) is 0 Å². The minimum Gasteiger partial charge on any atom is -0.475 e. The van der Waals surface area contributed by atoms with Gasteiger partial charge < -0.3 is 20.1 Å². The highest BCUT2D eigenvalue weighted by Crippen LogP contribution is 2.30. The predicted octanol–water partition coefficient (Wildman–Crippen LogP) is 2.56. The van der Waals surface area contributed by atoms with Crippen molar-refractivity contribution < 1.29 is 27.4 Å². The zero-order chi connectivity index (χ0) is 21.6. The Bertz CT molecular complexity index is 853. The number of amides is 1. The molecular formula is C20H23F3N4O3. The van der Waals surface area contributed by atoms with Crippen LogP contribution in [0.2, 0.25) is 0 Å². The van der Waals surface area contributed by atoms with Gasteiger partial charge in [0.2, 0.25) is 11.8 Å². The van der Waals surface area contributed by atoms with Gasteiger partial charge in [0.15, 0.2) is 0 Å². The first-order valence-electron chi connectivity index (χ1n) is 9.54. The molecule has 0 saturated carbocycles. The van der Waals surface area contributed by atoms with Gasteiger partial charge in [-0.3, -0.25) is 9.78 Å². The standard InChI is InChI=1S/C20H23F3N4O3/c1-29-7-8-30-18-10-14(13-4-5-17(25-11-13)20(21,22)23)9-15(27-18)12-26-19(28)16-3-2-6-24-16/h4-5,9-11,16,24H,2-3,6-8,12H2,1H3,(H,26,28)/t16-/m0/s1. The van der Waals surface area contributed by atoms with Gasteiger partial charge in [-0.2, -0.15) is 13.2 Å². The van der Waals surface area contributed by atoms with E-state index >= 15 is 0 Å². The number of hydrogen-bond acceptors (Lipinski definition) is 6. The third kappa shape index (κ3) is 5.90. The average Bonchev–Trinajstić information content (AvgIpc) is 3.27. The fourth-order valence-electron chi connectivity index (χ4n) is 3.06. The molecule has 10 heteroatoms. The molecule has 0 radical (unpaired) electrons. The van der Waals surface area contributed by atoms with Crippen molar-refractivity contribution >= 4 is 5.91 Å². The summed E-state index contributed by atoms with van der Waals surface area (Å²) in [6, 6.07) is 5.35. The summed E-state index contributed by atoms with van der Waals surface area (Å²) in [6.45, 7) is 1.59. The second kappa shape index (κ2) is 9.86. The Kier molecular flexibility index (Phi) is 7.22. The van der Waals surface area contributed by atoms with Crippen LogP contribution in [-0.2, 0) is 22.3 Å². The van der Waals surface area contributed by atoms with E-state index in [0.29, 0.717) is 23.4 Å². The number of pyridine rings is 2. The van der Waals surface area contributed by atoms with E-state index < -0.39 is 11.9 Å². The number of carbonyl (C=O) groups excluding carboxylic acids is 1. The fraction of sp³-hybridized carbons (Fsp3) is 0.450. The highest BCUT2D eigenvalue weighted by atomic mass is 19.4. The number of carbonyl (C=O) groups is 1. The molecule has 2 aromatic heterocycles. The van der Waals surface area contributed by atoms with Crippen LogP contribution < -0.4 is 15.4 Å². The molecule has 1 aliphatic heterocycles. The lowest BCUT2D eigenvalue weighted by Crippen LogP contribution is -2.40. The van der Waals surface area contributed by atoms with Crippen LogP contribution in [0.3, 0.4) is 0 Å². The van der Waals surface area contributed by atoms with Crippen molar-refractivity contribution in [2.24, 2.45) is 0 Å². The first-order valence-corrected chi connectivity index (χ1v) is 9.54. The molecule has 30 heavy (non-hydrogen) atoms. The molecule has 3 heterocycles. The summed E-state index contributed by atoms with van der Waals surface area (Å²) in [4.78, 5) is 20.1. The molecular weight excluding hydrogens is 401 g/mol. The van der Waals surface area contributed by atoms with Crippen LogP contribution >= 0.6 is 0 Å². The largest absolute Gasteiger partial charge is 0.475 e. The lowest BCUT2D eigenvalue weighted by Gasteiger charge is -2.13. The molecule has 1 fully saturated rings. The molecule has 0 spiro atoms. The molecule has 1 atom stereocenters. The quantitative estimate of drug-likeness (QED) is 0.634. The summed E-state index contributed by atoms with van der Waals surface area (Å²) in [5, 5.41) is 5.96. The van der Waals surface area contributed by atoms with E-state index in [1.54, 1.807) is 19.2 Å². The first kappa shape index (κ1) is 22.0. The summed E-state index contributed by atoms with van der Waals surface area (Å²) in [5.41, 5.74) is 0.619. The number of nitrogens with zero attached hydrogens (tertiary/aromatic N) is 2. The molecule has 1 amide bonds. The number of hydrogen-bond donors (Lipinski definition) is 2. The SMILES string of the molecule is COCCOc1cc(-c2ccc(C(F)(F)F)nc2)cc(CNC(=O)[C@@H]2CCCN2)n1. The highest BCUT2D eigenvalue weighted by molar-refractivity contribution is 5.82. The van der Waals surface area contributed by atoms with Gasteiger partial charge in [-0.1, -0.05) is 6.07 Å². The second-order valence-corrected chi connectivity index (χ2v) is 6.82. The van der Waals surface area contributed by atoms with Crippen LogP contribution in [0, 0.1) is 0 Å². The van der Waals surface area contributed by atoms with E-state index in [2.05, 4.69) is 20.6 Å². The number of halogens is 3. The predicted molar refractivity (Wildman–Crippen MR) is 103 cm³/mol. The van der Waals surface area contributed by atoms with Crippen molar-refractivity contribution in [2.75, 3.05) is 26.9 Å². The van der Waals surface area contributed by atoms with Crippen molar-refractivity contribution in [1.82, 2.24) is 20.6 Å². The molecule has 0 aliphatic carbocycles. The summed E-state index contributed by atoms with van der Waals surface area (Å²) < 4.78 is 48.9. The second-order valence-electron chi connectivity index (χ2n) is 6.82. The van der Waals surface area contributed by atoms with E-state index in [1.807, 2.05) is 0 Å². The van der Waals surface area contributed by atoms with Crippen LogP contribution in [0.1, 0.15) is 24.2 Å². The normalized spacial score (nSPS) is 16.5. The van der Waals surface area contributed by atoms with Crippen molar-refractivity contribution in [3.05, 3.63) is 41.9 Å². The Morgan fingerprint density at radius 2 is 2.10 bits per heavy atom. The van der Waals surface area contributed by atoms with Gasteiger partial charge in [-0.05, 0) is 37.1 Å². The Balaban J connectivity index is 1.79. The van der Waals surface area contributed by atoms with Crippen LogP contribution in [0.5, 0.6) is 5.88 Å². The van der Waals surface area contributed by atoms with Crippen molar-refractivity contribution in [3.63, 3.8) is 0 Å². The Morgan fingerprint density at radius 1 is 1.27 bits per heavy atom. The number of alkyl halides is 3. The van der Waals surface area contributed by atoms with E-state index in [4.69, 9.17) is 9.47 Å². The number of rotatable bonds is 8. The number of aromatic nitrogens is 2. The Labute approximate surface area is 172 Å². The first-order chi connectivity index (χ1) is 14.4. The minimum atomic E-state index is -4.51. The summed E-state index contributed by atoms with van der Waals surface area (Å²) in [5.74, 6) is 0.172. The lowest BCUT2D eigenvalue weighted by molar-refractivity contribution is -0.141. The maximum atomic E-state index is 12.8. The van der Waals surface area contributed by atoms with Crippen LogP contribution in [0.25, 0.3) is 11.1 Å².